The molecule has 3 heterocycles. The van der Waals surface area contributed by atoms with Gasteiger partial charge >= 0.3 is 0 Å². The van der Waals surface area contributed by atoms with Crippen LogP contribution < -0.4 is 4.74 Å². The van der Waals surface area contributed by atoms with Crippen LogP contribution in [-0.4, -0.2) is 64.4 Å². The van der Waals surface area contributed by atoms with Gasteiger partial charge in [-0.15, -0.1) is 0 Å². The Labute approximate surface area is 137 Å². The minimum absolute atomic E-state index is 0.674. The van der Waals surface area contributed by atoms with Gasteiger partial charge in [-0.25, -0.2) is 4.98 Å². The molecular weight excluding hydrogens is 290 g/mol. The van der Waals surface area contributed by atoms with Crippen molar-refractivity contribution < 1.29 is 4.74 Å². The largest absolute Gasteiger partial charge is 0.481 e. The summed E-state index contributed by atoms with van der Waals surface area (Å²) in [6, 6.07) is 4.02. The van der Waals surface area contributed by atoms with E-state index in [1.165, 1.54) is 11.1 Å². The number of rotatable bonds is 6. The molecule has 1 fully saturated rings. The van der Waals surface area contributed by atoms with Crippen molar-refractivity contribution in [3.63, 3.8) is 0 Å². The molecule has 1 aliphatic heterocycles. The normalized spacial score (nSPS) is 16.6. The summed E-state index contributed by atoms with van der Waals surface area (Å²) < 4.78 is 7.13. The molecule has 6 nitrogen and oxygen atoms in total. The molecule has 0 bridgehead atoms. The van der Waals surface area contributed by atoms with Crippen LogP contribution in [0.25, 0.3) is 0 Å². The highest BCUT2D eigenvalue weighted by Gasteiger charge is 2.16. The number of hydrogen-bond donors (Lipinski definition) is 0. The third kappa shape index (κ3) is 4.53. The van der Waals surface area contributed by atoms with Crippen molar-refractivity contribution in [3.8, 4) is 5.88 Å². The first-order valence-corrected chi connectivity index (χ1v) is 8.15. The highest BCUT2D eigenvalue weighted by molar-refractivity contribution is 5.17. The van der Waals surface area contributed by atoms with Crippen LogP contribution in [0.5, 0.6) is 5.88 Å². The Morgan fingerprint density at radius 3 is 2.43 bits per heavy atom. The summed E-state index contributed by atoms with van der Waals surface area (Å²) in [6.07, 6.45) is 5.93. The number of hydrogen-bond acceptors (Lipinski definition) is 5. The van der Waals surface area contributed by atoms with Crippen LogP contribution in [0.2, 0.25) is 0 Å². The van der Waals surface area contributed by atoms with E-state index in [1.807, 2.05) is 23.1 Å². The zero-order chi connectivity index (χ0) is 16.1. The van der Waals surface area contributed by atoms with Crippen molar-refractivity contribution in [2.75, 3.05) is 39.8 Å². The molecule has 124 valence electrons. The summed E-state index contributed by atoms with van der Waals surface area (Å²) >= 11 is 0. The molecule has 2 aromatic rings. The molecule has 0 aromatic carbocycles. The van der Waals surface area contributed by atoms with Crippen molar-refractivity contribution in [1.82, 2.24) is 24.6 Å². The van der Waals surface area contributed by atoms with Crippen molar-refractivity contribution in [1.29, 1.82) is 0 Å². The SMILES string of the molecule is COc1ccc(CN2CCN(CCn3cc(C)cn3)CC2)cn1. The number of aromatic nitrogens is 3. The second kappa shape index (κ2) is 7.57. The number of ether oxygens (including phenoxy) is 1. The zero-order valence-corrected chi connectivity index (χ0v) is 14.0. The molecule has 1 aliphatic rings. The Morgan fingerprint density at radius 1 is 1.04 bits per heavy atom. The van der Waals surface area contributed by atoms with Gasteiger partial charge in [0, 0.05) is 57.7 Å². The van der Waals surface area contributed by atoms with E-state index in [9.17, 15) is 0 Å². The van der Waals surface area contributed by atoms with E-state index in [-0.39, 0.29) is 0 Å². The average Bonchev–Trinajstić information content (AvgIpc) is 3.00. The number of aryl methyl sites for hydroxylation is 1. The van der Waals surface area contributed by atoms with Crippen molar-refractivity contribution >= 4 is 0 Å². The molecule has 0 spiro atoms. The number of nitrogens with zero attached hydrogens (tertiary/aromatic N) is 5. The van der Waals surface area contributed by atoms with E-state index >= 15 is 0 Å². The molecule has 0 N–H and O–H groups in total. The molecule has 2 aromatic heterocycles. The van der Waals surface area contributed by atoms with Gasteiger partial charge in [0.15, 0.2) is 0 Å². The van der Waals surface area contributed by atoms with Crippen molar-refractivity contribution in [2.45, 2.75) is 20.0 Å². The maximum atomic E-state index is 5.10. The number of pyridine rings is 1. The summed E-state index contributed by atoms with van der Waals surface area (Å²) in [5.41, 5.74) is 2.47. The molecule has 0 saturated carbocycles. The second-order valence-corrected chi connectivity index (χ2v) is 6.11. The molecule has 23 heavy (non-hydrogen) atoms. The van der Waals surface area contributed by atoms with Gasteiger partial charge in [-0.1, -0.05) is 6.07 Å². The van der Waals surface area contributed by atoms with Crippen molar-refractivity contribution in [3.05, 3.63) is 41.9 Å². The lowest BCUT2D eigenvalue weighted by Crippen LogP contribution is -2.46. The monoisotopic (exact) mass is 315 g/mol. The van der Waals surface area contributed by atoms with Gasteiger partial charge in [0.05, 0.1) is 19.9 Å². The van der Waals surface area contributed by atoms with E-state index in [2.05, 4.69) is 39.1 Å². The molecule has 0 radical (unpaired) electrons. The molecule has 0 amide bonds. The maximum Gasteiger partial charge on any atom is 0.212 e. The Bertz CT molecular complexity index is 602. The molecule has 0 aliphatic carbocycles. The Hall–Kier alpha value is -1.92. The minimum Gasteiger partial charge on any atom is -0.481 e. The van der Waals surface area contributed by atoms with E-state index in [4.69, 9.17) is 4.74 Å². The fourth-order valence-corrected chi connectivity index (χ4v) is 2.89. The predicted molar refractivity (Wildman–Crippen MR) is 89.5 cm³/mol. The average molecular weight is 315 g/mol. The number of methoxy groups -OCH3 is 1. The van der Waals surface area contributed by atoms with Crippen LogP contribution in [-0.2, 0) is 13.1 Å². The minimum atomic E-state index is 0.674. The van der Waals surface area contributed by atoms with Gasteiger partial charge in [0.1, 0.15) is 0 Å². The first kappa shape index (κ1) is 16.0. The first-order chi connectivity index (χ1) is 11.2. The van der Waals surface area contributed by atoms with E-state index in [0.29, 0.717) is 5.88 Å². The van der Waals surface area contributed by atoms with Gasteiger partial charge < -0.3 is 4.74 Å². The van der Waals surface area contributed by atoms with Gasteiger partial charge in [-0.2, -0.15) is 5.10 Å². The lowest BCUT2D eigenvalue weighted by Gasteiger charge is -2.34. The van der Waals surface area contributed by atoms with E-state index in [1.54, 1.807) is 7.11 Å². The summed E-state index contributed by atoms with van der Waals surface area (Å²) in [7, 11) is 1.64. The predicted octanol–water partition coefficient (Wildman–Crippen LogP) is 1.41. The maximum absolute atomic E-state index is 5.10. The first-order valence-electron chi connectivity index (χ1n) is 8.15. The molecule has 1 saturated heterocycles. The quantitative estimate of drug-likeness (QED) is 0.807. The van der Waals surface area contributed by atoms with Crippen LogP contribution in [0.1, 0.15) is 11.1 Å². The summed E-state index contributed by atoms with van der Waals surface area (Å²) in [5, 5.41) is 4.35. The summed E-state index contributed by atoms with van der Waals surface area (Å²) in [5.74, 6) is 0.674. The third-order valence-corrected chi connectivity index (χ3v) is 4.29. The molecule has 0 atom stereocenters. The lowest BCUT2D eigenvalue weighted by molar-refractivity contribution is 0.123. The van der Waals surface area contributed by atoms with E-state index < -0.39 is 0 Å². The van der Waals surface area contributed by atoms with Crippen LogP contribution in [0, 0.1) is 6.92 Å². The highest BCUT2D eigenvalue weighted by atomic mass is 16.5. The van der Waals surface area contributed by atoms with Gasteiger partial charge in [0.25, 0.3) is 0 Å². The second-order valence-electron chi connectivity index (χ2n) is 6.11. The molecular formula is C17H25N5O. The Morgan fingerprint density at radius 2 is 1.83 bits per heavy atom. The summed E-state index contributed by atoms with van der Waals surface area (Å²) in [6.45, 7) is 9.51. The van der Waals surface area contributed by atoms with Crippen LogP contribution in [0.15, 0.2) is 30.7 Å². The van der Waals surface area contributed by atoms with E-state index in [0.717, 1.165) is 45.8 Å². The molecule has 0 unspecified atom stereocenters. The molecule has 3 rings (SSSR count). The van der Waals surface area contributed by atoms with Crippen LogP contribution in [0.3, 0.4) is 0 Å². The van der Waals surface area contributed by atoms with Gasteiger partial charge in [-0.3, -0.25) is 14.5 Å². The number of piperazine rings is 1. The third-order valence-electron chi connectivity index (χ3n) is 4.29. The summed E-state index contributed by atoms with van der Waals surface area (Å²) in [4.78, 5) is 9.27. The molecule has 6 heteroatoms. The van der Waals surface area contributed by atoms with Crippen LogP contribution in [0.4, 0.5) is 0 Å². The van der Waals surface area contributed by atoms with Crippen LogP contribution >= 0.6 is 0 Å². The Balaban J connectivity index is 1.41. The van der Waals surface area contributed by atoms with Crippen molar-refractivity contribution in [2.24, 2.45) is 0 Å². The Kier molecular flexibility index (Phi) is 5.25. The topological polar surface area (TPSA) is 46.4 Å². The zero-order valence-electron chi connectivity index (χ0n) is 14.0. The smallest absolute Gasteiger partial charge is 0.212 e. The highest BCUT2D eigenvalue weighted by Crippen LogP contribution is 2.11. The lowest BCUT2D eigenvalue weighted by atomic mass is 10.2. The standard InChI is InChI=1S/C17H25N5O/c1-15-11-19-22(13-15)10-9-20-5-7-21(8-6-20)14-16-3-4-17(23-2)18-12-16/h3-4,11-13H,5-10,14H2,1-2H3. The fourth-order valence-electron chi connectivity index (χ4n) is 2.89. The van der Waals surface area contributed by atoms with Gasteiger partial charge in [0.2, 0.25) is 5.88 Å². The van der Waals surface area contributed by atoms with Gasteiger partial charge in [-0.05, 0) is 18.1 Å². The fraction of sp³-hybridized carbons (Fsp3) is 0.529.